The van der Waals surface area contributed by atoms with Crippen LogP contribution in [0.5, 0.6) is 0 Å². The Morgan fingerprint density at radius 1 is 0.824 bits per heavy atom. The summed E-state index contributed by atoms with van der Waals surface area (Å²) in [6.07, 6.45) is -2.12. The van der Waals surface area contributed by atoms with Crippen molar-refractivity contribution in [3.63, 3.8) is 0 Å². The summed E-state index contributed by atoms with van der Waals surface area (Å²) in [4.78, 5) is 103. The first-order valence-corrected chi connectivity index (χ1v) is 17.0. The SMILES string of the molecule is Cc1cc(=O)[nH]c2cc(NC(=O)[C@H](CS)NC(=O)[C@@H](NC(=O)CNC(=O)[C@H](CC(N)=O)NC(=O)[C@@H](NC(=O)[C@@H](N)CS)C(C)C)[C@@H](C)O)ccc12. The van der Waals surface area contributed by atoms with Gasteiger partial charge in [0.05, 0.1) is 30.6 Å². The number of aliphatic hydroxyl groups is 1. The van der Waals surface area contributed by atoms with Crippen LogP contribution in [0.4, 0.5) is 5.69 Å². The number of hydrogen-bond donors (Lipinski definition) is 12. The number of H-pyrrole nitrogens is 1. The lowest BCUT2D eigenvalue weighted by molar-refractivity contribution is -0.135. The van der Waals surface area contributed by atoms with E-state index < -0.39 is 96.5 Å². The van der Waals surface area contributed by atoms with Crippen molar-refractivity contribution in [2.75, 3.05) is 23.4 Å². The van der Waals surface area contributed by atoms with Gasteiger partial charge in [-0.3, -0.25) is 38.4 Å². The first kappa shape index (κ1) is 42.5. The van der Waals surface area contributed by atoms with Crippen molar-refractivity contribution in [1.29, 1.82) is 0 Å². The lowest BCUT2D eigenvalue weighted by Crippen LogP contribution is -2.59. The second-order valence-electron chi connectivity index (χ2n) is 12.1. The second kappa shape index (κ2) is 19.7. The molecule has 18 nitrogen and oxygen atoms in total. The number of thiol groups is 2. The van der Waals surface area contributed by atoms with E-state index in [1.54, 1.807) is 39.0 Å². The summed E-state index contributed by atoms with van der Waals surface area (Å²) in [5, 5.41) is 25.3. The van der Waals surface area contributed by atoms with E-state index >= 15 is 0 Å². The van der Waals surface area contributed by atoms with Gasteiger partial charge in [-0.05, 0) is 37.5 Å². The Morgan fingerprint density at radius 3 is 2.02 bits per heavy atom. The Balaban J connectivity index is 2.05. The Bertz CT molecular complexity index is 1690. The number of primary amides is 1. The molecular formula is C31H45N9O9S2. The Kier molecular flexibility index (Phi) is 16.4. The zero-order valence-corrected chi connectivity index (χ0v) is 30.2. The van der Waals surface area contributed by atoms with Gasteiger partial charge in [-0.2, -0.15) is 25.3 Å². The lowest BCUT2D eigenvalue weighted by Gasteiger charge is -2.26. The van der Waals surface area contributed by atoms with Gasteiger partial charge >= 0.3 is 0 Å². The Hall–Kier alpha value is -4.66. The number of hydrogen-bond acceptors (Lipinski definition) is 12. The quantitative estimate of drug-likeness (QED) is 0.0683. The molecule has 0 aliphatic carbocycles. The molecule has 0 fully saturated rings. The van der Waals surface area contributed by atoms with Crippen molar-refractivity contribution in [3.05, 3.63) is 40.2 Å². The van der Waals surface area contributed by atoms with Crippen molar-refractivity contribution in [3.8, 4) is 0 Å². The van der Waals surface area contributed by atoms with E-state index in [9.17, 15) is 43.5 Å². The predicted octanol–water partition coefficient (Wildman–Crippen LogP) is -3.07. The molecule has 0 saturated carbocycles. The van der Waals surface area contributed by atoms with Crippen molar-refractivity contribution < 1.29 is 38.7 Å². The van der Waals surface area contributed by atoms with E-state index in [4.69, 9.17) is 11.5 Å². The fraction of sp³-hybridized carbons (Fsp3) is 0.484. The zero-order chi connectivity index (χ0) is 38.6. The first-order chi connectivity index (χ1) is 23.9. The van der Waals surface area contributed by atoms with Crippen LogP contribution in [0, 0.1) is 12.8 Å². The summed E-state index contributed by atoms with van der Waals surface area (Å²) < 4.78 is 0. The molecule has 0 unspecified atom stereocenters. The number of aliphatic hydroxyl groups excluding tert-OH is 1. The second-order valence-corrected chi connectivity index (χ2v) is 12.8. The molecule has 2 aromatic rings. The van der Waals surface area contributed by atoms with Crippen LogP contribution in [-0.4, -0.2) is 106 Å². The number of nitrogens with one attached hydrogen (secondary N) is 7. The monoisotopic (exact) mass is 751 g/mol. The average Bonchev–Trinajstić information content (AvgIpc) is 3.05. The smallest absolute Gasteiger partial charge is 0.248 e. The zero-order valence-electron chi connectivity index (χ0n) is 28.4. The van der Waals surface area contributed by atoms with Gasteiger partial charge in [0, 0.05) is 28.6 Å². The van der Waals surface area contributed by atoms with Gasteiger partial charge in [-0.25, -0.2) is 0 Å². The van der Waals surface area contributed by atoms with Crippen molar-refractivity contribution >= 4 is 83.2 Å². The lowest BCUT2D eigenvalue weighted by atomic mass is 10.0. The molecule has 280 valence electrons. The summed E-state index contributed by atoms with van der Waals surface area (Å²) in [6, 6.07) is -0.207. The number of amides is 7. The van der Waals surface area contributed by atoms with Gasteiger partial charge in [-0.15, -0.1) is 0 Å². The number of pyridine rings is 1. The third kappa shape index (κ3) is 12.9. The van der Waals surface area contributed by atoms with Crippen LogP contribution in [0.25, 0.3) is 10.9 Å². The number of anilines is 1. The standard InChI is InChI=1S/C31H45N9O9S2/c1-13(2)25(40-27(45)18(32)11-50)30(48)37-20(9-22(33)42)28(46)34-10-24(44)39-26(15(4)41)31(49)38-21(12-51)29(47)35-16-5-6-17-14(3)7-23(43)36-19(17)8-16/h5-8,13,15,18,20-21,25-26,41,50-51H,9-12,32H2,1-4H3,(H2,33,42)(H,34,46)(H,35,47)(H,36,43)(H,37,48)(H,38,49)(H,39,44)(H,40,45)/t15-,18+,20+,21+,25+,26+/m1/s1. The minimum Gasteiger partial charge on any atom is -0.391 e. The third-order valence-electron chi connectivity index (χ3n) is 7.46. The van der Waals surface area contributed by atoms with E-state index in [0.29, 0.717) is 11.2 Å². The third-order valence-corrected chi connectivity index (χ3v) is 8.21. The van der Waals surface area contributed by atoms with Gasteiger partial charge in [0.1, 0.15) is 24.2 Å². The molecule has 1 heterocycles. The maximum atomic E-state index is 13.1. The van der Waals surface area contributed by atoms with Crippen LogP contribution in [0.15, 0.2) is 29.1 Å². The van der Waals surface area contributed by atoms with Crippen LogP contribution in [0.3, 0.4) is 0 Å². The van der Waals surface area contributed by atoms with Crippen LogP contribution in [-0.2, 0) is 33.6 Å². The van der Waals surface area contributed by atoms with Gasteiger partial charge in [0.2, 0.25) is 46.9 Å². The summed E-state index contributed by atoms with van der Waals surface area (Å²) in [6.45, 7) is 5.47. The molecule has 0 aliphatic heterocycles. The number of aryl methyl sites for hydroxylation is 1. The summed E-state index contributed by atoms with van der Waals surface area (Å²) >= 11 is 8.09. The summed E-state index contributed by atoms with van der Waals surface area (Å²) in [5.74, 6) is -6.64. The predicted molar refractivity (Wildman–Crippen MR) is 195 cm³/mol. The van der Waals surface area contributed by atoms with Gasteiger partial charge in [0.25, 0.3) is 0 Å². The number of fused-ring (bicyclic) bond motifs is 1. The Labute approximate surface area is 304 Å². The van der Waals surface area contributed by atoms with Crippen LogP contribution >= 0.6 is 25.3 Å². The molecule has 12 N–H and O–H groups in total. The number of carbonyl (C=O) groups is 7. The summed E-state index contributed by atoms with van der Waals surface area (Å²) in [7, 11) is 0. The molecule has 2 rings (SSSR count). The van der Waals surface area contributed by atoms with E-state index in [1.807, 2.05) is 0 Å². The van der Waals surface area contributed by atoms with Gasteiger partial charge in [0.15, 0.2) is 0 Å². The molecule has 0 bridgehead atoms. The van der Waals surface area contributed by atoms with E-state index in [2.05, 4.69) is 62.1 Å². The molecule has 6 atom stereocenters. The number of aromatic amines is 1. The topological polar surface area (TPSA) is 297 Å². The van der Waals surface area contributed by atoms with Crippen molar-refractivity contribution in [2.24, 2.45) is 17.4 Å². The highest BCUT2D eigenvalue weighted by atomic mass is 32.1. The molecule has 1 aromatic heterocycles. The molecule has 0 radical (unpaired) electrons. The number of nitrogens with two attached hydrogens (primary N) is 2. The largest absolute Gasteiger partial charge is 0.391 e. The molecule has 0 aliphatic rings. The van der Waals surface area contributed by atoms with Crippen molar-refractivity contribution in [2.45, 2.75) is 70.4 Å². The van der Waals surface area contributed by atoms with Gasteiger partial charge in [-0.1, -0.05) is 19.9 Å². The molecule has 51 heavy (non-hydrogen) atoms. The normalized spacial score (nSPS) is 14.6. The number of aromatic nitrogens is 1. The number of rotatable bonds is 18. The first-order valence-electron chi connectivity index (χ1n) is 15.7. The molecule has 1 aromatic carbocycles. The minimum atomic E-state index is -1.58. The minimum absolute atomic E-state index is 0.00628. The number of carbonyl (C=O) groups excluding carboxylic acids is 7. The van der Waals surface area contributed by atoms with Crippen LogP contribution in [0.2, 0.25) is 0 Å². The fourth-order valence-electron chi connectivity index (χ4n) is 4.67. The maximum Gasteiger partial charge on any atom is 0.248 e. The highest BCUT2D eigenvalue weighted by molar-refractivity contribution is 7.80. The highest BCUT2D eigenvalue weighted by Crippen LogP contribution is 2.19. The molecule has 0 spiro atoms. The highest BCUT2D eigenvalue weighted by Gasteiger charge is 2.32. The molecule has 0 saturated heterocycles. The average molecular weight is 752 g/mol. The molecular weight excluding hydrogens is 707 g/mol. The van der Waals surface area contributed by atoms with E-state index in [1.165, 1.54) is 13.0 Å². The molecule has 20 heteroatoms. The fourth-order valence-corrected chi connectivity index (χ4v) is 5.09. The van der Waals surface area contributed by atoms with Gasteiger partial charge < -0.3 is 53.5 Å². The van der Waals surface area contributed by atoms with Crippen LogP contribution < -0.4 is 48.9 Å². The van der Waals surface area contributed by atoms with E-state index in [-0.39, 0.29) is 17.1 Å². The summed E-state index contributed by atoms with van der Waals surface area (Å²) in [5.41, 5.74) is 12.1. The molecule has 7 amide bonds. The van der Waals surface area contributed by atoms with Crippen LogP contribution in [0.1, 0.15) is 32.8 Å². The van der Waals surface area contributed by atoms with E-state index in [0.717, 1.165) is 10.9 Å². The number of benzene rings is 1. The maximum absolute atomic E-state index is 13.1. The Morgan fingerprint density at radius 2 is 1.45 bits per heavy atom. The van der Waals surface area contributed by atoms with Crippen molar-refractivity contribution in [1.82, 2.24) is 31.6 Å².